The minimum Gasteiger partial charge on any atom is -0.356 e. The number of hydrogen-bond donors (Lipinski definition) is 1. The second kappa shape index (κ2) is 9.55. The standard InChI is InChI=1S/C24H23Br2N3O2S/c1-24(2,32(27)30)14-15(12-17-6-5-9-22(26)28-17)18-7-3-4-8-19(18)23-20-11-10-16(25)13-21(20)31-29-23/h3-11,13,15H,12,14,27H2,1-2H3/t15-,32?/m0/s1. The van der Waals surface area contributed by atoms with Crippen LogP contribution >= 0.6 is 31.9 Å². The minimum atomic E-state index is -1.47. The molecule has 2 heterocycles. The van der Waals surface area contributed by atoms with Crippen LogP contribution < -0.4 is 5.14 Å². The summed E-state index contributed by atoms with van der Waals surface area (Å²) in [6.45, 7) is 3.88. The zero-order chi connectivity index (χ0) is 22.9. The molecule has 0 saturated carbocycles. The first-order chi connectivity index (χ1) is 15.2. The third kappa shape index (κ3) is 5.03. The largest absolute Gasteiger partial charge is 0.356 e. The first kappa shape index (κ1) is 23.3. The van der Waals surface area contributed by atoms with Crippen LogP contribution in [0.1, 0.15) is 37.4 Å². The normalized spacial score (nSPS) is 13.9. The van der Waals surface area contributed by atoms with Gasteiger partial charge in [0.2, 0.25) is 0 Å². The van der Waals surface area contributed by atoms with E-state index >= 15 is 0 Å². The fraction of sp³-hybridized carbons (Fsp3) is 0.250. The van der Waals surface area contributed by atoms with Crippen LogP contribution in [-0.4, -0.2) is 19.1 Å². The lowest BCUT2D eigenvalue weighted by Gasteiger charge is -2.28. The van der Waals surface area contributed by atoms with Crippen LogP contribution in [0.2, 0.25) is 0 Å². The Morgan fingerprint density at radius 1 is 1.09 bits per heavy atom. The molecular formula is C24H23Br2N3O2S. The van der Waals surface area contributed by atoms with Gasteiger partial charge in [-0.25, -0.2) is 9.19 Å². The van der Waals surface area contributed by atoms with E-state index in [1.54, 1.807) is 0 Å². The molecule has 0 spiro atoms. The average Bonchev–Trinajstić information content (AvgIpc) is 3.16. The van der Waals surface area contributed by atoms with Gasteiger partial charge in [-0.3, -0.25) is 5.14 Å². The number of rotatable bonds is 7. The van der Waals surface area contributed by atoms with Gasteiger partial charge in [-0.05, 0) is 84.4 Å². The Morgan fingerprint density at radius 3 is 2.62 bits per heavy atom. The molecule has 8 heteroatoms. The topological polar surface area (TPSA) is 82.0 Å². The van der Waals surface area contributed by atoms with Gasteiger partial charge < -0.3 is 4.52 Å². The van der Waals surface area contributed by atoms with E-state index in [-0.39, 0.29) is 5.92 Å². The van der Waals surface area contributed by atoms with Gasteiger partial charge >= 0.3 is 0 Å². The molecule has 4 rings (SSSR count). The molecule has 2 aromatic heterocycles. The van der Waals surface area contributed by atoms with Gasteiger partial charge in [0.05, 0.1) is 15.7 Å². The summed E-state index contributed by atoms with van der Waals surface area (Å²) in [6.07, 6.45) is 1.31. The molecule has 166 valence electrons. The molecule has 0 aliphatic rings. The molecule has 2 aromatic carbocycles. The molecule has 1 unspecified atom stereocenters. The van der Waals surface area contributed by atoms with Gasteiger partial charge in [-0.2, -0.15) is 0 Å². The Morgan fingerprint density at radius 2 is 1.88 bits per heavy atom. The van der Waals surface area contributed by atoms with Crippen LogP contribution in [0.5, 0.6) is 0 Å². The first-order valence-electron chi connectivity index (χ1n) is 10.2. The highest BCUT2D eigenvalue weighted by Crippen LogP contribution is 2.39. The summed E-state index contributed by atoms with van der Waals surface area (Å²) in [5.74, 6) is 0.0256. The maximum atomic E-state index is 12.3. The van der Waals surface area contributed by atoms with Crippen molar-refractivity contribution < 1.29 is 8.73 Å². The molecule has 0 aliphatic heterocycles. The Labute approximate surface area is 206 Å². The summed E-state index contributed by atoms with van der Waals surface area (Å²) in [4.78, 5) is 4.64. The number of fused-ring (bicyclic) bond motifs is 1. The molecular weight excluding hydrogens is 554 g/mol. The number of benzene rings is 2. The lowest BCUT2D eigenvalue weighted by molar-refractivity contribution is 0.459. The van der Waals surface area contributed by atoms with E-state index in [1.807, 2.05) is 62.4 Å². The van der Waals surface area contributed by atoms with E-state index in [0.29, 0.717) is 12.8 Å². The lowest BCUT2D eigenvalue weighted by atomic mass is 9.83. The highest BCUT2D eigenvalue weighted by atomic mass is 79.9. The maximum absolute atomic E-state index is 12.3. The Kier molecular flexibility index (Phi) is 6.95. The first-order valence-corrected chi connectivity index (χ1v) is 13.0. The predicted octanol–water partition coefficient (Wildman–Crippen LogP) is 6.53. The van der Waals surface area contributed by atoms with Crippen LogP contribution in [0, 0.1) is 0 Å². The molecule has 0 radical (unpaired) electrons. The third-order valence-electron chi connectivity index (χ3n) is 5.60. The highest BCUT2D eigenvalue weighted by Gasteiger charge is 2.31. The predicted molar refractivity (Wildman–Crippen MR) is 137 cm³/mol. The van der Waals surface area contributed by atoms with Crippen molar-refractivity contribution >= 4 is 53.8 Å². The van der Waals surface area contributed by atoms with Crippen molar-refractivity contribution in [3.63, 3.8) is 0 Å². The van der Waals surface area contributed by atoms with Gasteiger partial charge in [0.1, 0.15) is 10.3 Å². The summed E-state index contributed by atoms with van der Waals surface area (Å²) in [5.41, 5.74) is 4.56. The van der Waals surface area contributed by atoms with Crippen molar-refractivity contribution in [1.82, 2.24) is 10.1 Å². The molecule has 0 amide bonds. The van der Waals surface area contributed by atoms with Crippen LogP contribution in [0.25, 0.3) is 22.2 Å². The number of aromatic nitrogens is 2. The Hall–Kier alpha value is -1.87. The van der Waals surface area contributed by atoms with Crippen molar-refractivity contribution in [2.75, 3.05) is 0 Å². The lowest BCUT2D eigenvalue weighted by Crippen LogP contribution is -2.34. The number of nitrogens with zero attached hydrogens (tertiary/aromatic N) is 2. The fourth-order valence-electron chi connectivity index (χ4n) is 3.96. The van der Waals surface area contributed by atoms with Crippen molar-refractivity contribution in [1.29, 1.82) is 0 Å². The summed E-state index contributed by atoms with van der Waals surface area (Å²) in [6, 6.07) is 20.0. The summed E-state index contributed by atoms with van der Waals surface area (Å²) in [5, 5.41) is 11.2. The number of pyridine rings is 1. The maximum Gasteiger partial charge on any atom is 0.168 e. The van der Waals surface area contributed by atoms with E-state index in [9.17, 15) is 4.21 Å². The quantitative estimate of drug-likeness (QED) is 0.253. The molecule has 0 aliphatic carbocycles. The molecule has 0 saturated heterocycles. The fourth-order valence-corrected chi connectivity index (χ4v) is 5.04. The minimum absolute atomic E-state index is 0.0256. The second-order valence-electron chi connectivity index (χ2n) is 8.37. The Balaban J connectivity index is 1.83. The van der Waals surface area contributed by atoms with Crippen molar-refractivity contribution in [3.8, 4) is 11.3 Å². The second-order valence-corrected chi connectivity index (χ2v) is 11.8. The molecule has 32 heavy (non-hydrogen) atoms. The van der Waals surface area contributed by atoms with Crippen molar-refractivity contribution in [2.24, 2.45) is 5.14 Å². The summed E-state index contributed by atoms with van der Waals surface area (Å²) >= 11 is 6.95. The molecule has 5 nitrogen and oxygen atoms in total. The monoisotopic (exact) mass is 575 g/mol. The van der Waals surface area contributed by atoms with E-state index in [1.165, 1.54) is 0 Å². The molecule has 0 bridgehead atoms. The van der Waals surface area contributed by atoms with Crippen molar-refractivity contribution in [2.45, 2.75) is 37.4 Å². The van der Waals surface area contributed by atoms with Crippen LogP contribution in [0.4, 0.5) is 0 Å². The summed E-state index contributed by atoms with van der Waals surface area (Å²) in [7, 11) is -1.47. The zero-order valence-corrected chi connectivity index (χ0v) is 21.7. The van der Waals surface area contributed by atoms with Crippen molar-refractivity contribution in [3.05, 3.63) is 81.0 Å². The van der Waals surface area contributed by atoms with Gasteiger partial charge in [0, 0.05) is 21.1 Å². The molecule has 0 fully saturated rings. The SMILES string of the molecule is CC(C)(C[C@H](Cc1cccc(Br)n1)c1ccccc1-c1noc2cc(Br)ccc12)S(N)=O. The smallest absolute Gasteiger partial charge is 0.168 e. The molecule has 2 N–H and O–H groups in total. The van der Waals surface area contributed by atoms with Crippen LogP contribution in [0.3, 0.4) is 0 Å². The zero-order valence-electron chi connectivity index (χ0n) is 17.7. The van der Waals surface area contributed by atoms with E-state index in [4.69, 9.17) is 9.66 Å². The number of halogens is 2. The summed E-state index contributed by atoms with van der Waals surface area (Å²) < 4.78 is 19.1. The van der Waals surface area contributed by atoms with Gasteiger partial charge in [0.25, 0.3) is 0 Å². The average molecular weight is 577 g/mol. The number of hydrogen-bond acceptors (Lipinski definition) is 4. The van der Waals surface area contributed by atoms with Gasteiger partial charge in [0.15, 0.2) is 5.58 Å². The van der Waals surface area contributed by atoms with Crippen LogP contribution in [-0.2, 0) is 17.4 Å². The third-order valence-corrected chi connectivity index (χ3v) is 7.79. The molecule has 2 atom stereocenters. The van der Waals surface area contributed by atoms with Gasteiger partial charge in [-0.15, -0.1) is 0 Å². The molecule has 4 aromatic rings. The van der Waals surface area contributed by atoms with E-state index < -0.39 is 15.7 Å². The highest BCUT2D eigenvalue weighted by molar-refractivity contribution is 9.10. The van der Waals surface area contributed by atoms with Crippen LogP contribution in [0.15, 0.2) is 74.3 Å². The van der Waals surface area contributed by atoms with E-state index in [0.717, 1.165) is 42.6 Å². The van der Waals surface area contributed by atoms with E-state index in [2.05, 4.69) is 54.1 Å². The number of nitrogens with two attached hydrogens (primary N) is 1. The Bertz CT molecular complexity index is 1290. The van der Waals surface area contributed by atoms with Gasteiger partial charge in [-0.1, -0.05) is 51.4 Å².